The monoisotopic (exact) mass is 372 g/mol. The average molecular weight is 372 g/mol. The van der Waals surface area contributed by atoms with E-state index in [9.17, 15) is 19.5 Å². The van der Waals surface area contributed by atoms with Gasteiger partial charge in [0.2, 0.25) is 11.8 Å². The van der Waals surface area contributed by atoms with Crippen molar-refractivity contribution < 1.29 is 19.5 Å². The number of nitrogens with zero attached hydrogens (tertiary/aromatic N) is 2. The maximum atomic E-state index is 12.7. The van der Waals surface area contributed by atoms with Gasteiger partial charge in [-0.2, -0.15) is 0 Å². The lowest BCUT2D eigenvalue weighted by atomic mass is 9.73. The molecule has 2 aliphatic heterocycles. The van der Waals surface area contributed by atoms with E-state index in [0.29, 0.717) is 38.9 Å². The number of rotatable bonds is 4. The molecule has 1 N–H and O–H groups in total. The standard InChI is InChI=1S/C21H28N2O4/c24-18-10-6-1-2-7-13-23(18)16-19(25)22-14-11-21(12-15-22,20(26)27)17-8-4-3-5-9-17/h3-5,8-9H,1-2,6-7,10-16H2,(H,26,27). The van der Waals surface area contributed by atoms with Crippen molar-refractivity contribution in [3.63, 3.8) is 0 Å². The van der Waals surface area contributed by atoms with Gasteiger partial charge in [-0.05, 0) is 31.2 Å². The summed E-state index contributed by atoms with van der Waals surface area (Å²) >= 11 is 0. The Balaban J connectivity index is 1.63. The number of aliphatic carboxylic acids is 1. The molecular formula is C21H28N2O4. The van der Waals surface area contributed by atoms with Crippen molar-refractivity contribution in [2.24, 2.45) is 0 Å². The van der Waals surface area contributed by atoms with Crippen molar-refractivity contribution in [2.75, 3.05) is 26.2 Å². The predicted octanol–water partition coefficient (Wildman–Crippen LogP) is 2.42. The summed E-state index contributed by atoms with van der Waals surface area (Å²) in [6, 6.07) is 9.28. The molecule has 2 amide bonds. The van der Waals surface area contributed by atoms with Crippen LogP contribution in [0.3, 0.4) is 0 Å². The molecule has 0 bridgehead atoms. The molecule has 0 atom stereocenters. The molecule has 6 nitrogen and oxygen atoms in total. The van der Waals surface area contributed by atoms with Gasteiger partial charge in [-0.25, -0.2) is 0 Å². The second-order valence-corrected chi connectivity index (χ2v) is 7.61. The molecule has 3 rings (SSSR count). The zero-order chi connectivity index (χ0) is 19.3. The Labute approximate surface area is 160 Å². The van der Waals surface area contributed by atoms with Crippen LogP contribution < -0.4 is 0 Å². The summed E-state index contributed by atoms with van der Waals surface area (Å²) < 4.78 is 0. The maximum Gasteiger partial charge on any atom is 0.314 e. The lowest BCUT2D eigenvalue weighted by Gasteiger charge is -2.40. The highest BCUT2D eigenvalue weighted by Gasteiger charge is 2.43. The number of amides is 2. The zero-order valence-corrected chi connectivity index (χ0v) is 15.7. The third-order valence-corrected chi connectivity index (χ3v) is 5.95. The quantitative estimate of drug-likeness (QED) is 0.880. The summed E-state index contributed by atoms with van der Waals surface area (Å²) in [7, 11) is 0. The fourth-order valence-electron chi connectivity index (χ4n) is 4.17. The summed E-state index contributed by atoms with van der Waals surface area (Å²) in [5.41, 5.74) is -0.141. The number of carbonyl (C=O) groups excluding carboxylic acids is 2. The molecule has 2 fully saturated rings. The number of hydrogen-bond acceptors (Lipinski definition) is 3. The van der Waals surface area contributed by atoms with Crippen molar-refractivity contribution in [1.29, 1.82) is 0 Å². The smallest absolute Gasteiger partial charge is 0.314 e. The van der Waals surface area contributed by atoms with Gasteiger partial charge in [0.05, 0.1) is 12.0 Å². The highest BCUT2D eigenvalue weighted by Crippen LogP contribution is 2.36. The predicted molar refractivity (Wildman–Crippen MR) is 101 cm³/mol. The summed E-state index contributed by atoms with van der Waals surface area (Å²) in [6.45, 7) is 1.57. The van der Waals surface area contributed by atoms with Gasteiger partial charge in [0.1, 0.15) is 0 Å². The van der Waals surface area contributed by atoms with Crippen molar-refractivity contribution in [3.8, 4) is 0 Å². The summed E-state index contributed by atoms with van der Waals surface area (Å²) in [5, 5.41) is 9.86. The van der Waals surface area contributed by atoms with E-state index in [1.807, 2.05) is 30.3 Å². The molecule has 0 radical (unpaired) electrons. The normalized spacial score (nSPS) is 20.7. The maximum absolute atomic E-state index is 12.7. The van der Waals surface area contributed by atoms with E-state index < -0.39 is 11.4 Å². The highest BCUT2D eigenvalue weighted by atomic mass is 16.4. The van der Waals surface area contributed by atoms with Gasteiger partial charge in [-0.1, -0.05) is 43.2 Å². The molecule has 0 aliphatic carbocycles. The first-order valence-electron chi connectivity index (χ1n) is 9.87. The molecule has 6 heteroatoms. The van der Waals surface area contributed by atoms with Gasteiger partial charge in [-0.3, -0.25) is 14.4 Å². The van der Waals surface area contributed by atoms with Crippen LogP contribution in [0.4, 0.5) is 0 Å². The SMILES string of the molecule is O=C(CN1CCCCCCC1=O)N1CCC(C(=O)O)(c2ccccc2)CC1. The van der Waals surface area contributed by atoms with Crippen molar-refractivity contribution in [1.82, 2.24) is 9.80 Å². The topological polar surface area (TPSA) is 77.9 Å². The summed E-state index contributed by atoms with van der Waals surface area (Å²) in [4.78, 5) is 40.4. The first kappa shape index (κ1) is 19.4. The Morgan fingerprint density at radius 1 is 0.963 bits per heavy atom. The van der Waals surface area contributed by atoms with Crippen LogP contribution in [-0.4, -0.2) is 58.9 Å². The number of carboxylic acid groups (broad SMARTS) is 1. The van der Waals surface area contributed by atoms with Crippen LogP contribution in [0.5, 0.6) is 0 Å². The van der Waals surface area contributed by atoms with E-state index in [4.69, 9.17) is 0 Å². The van der Waals surface area contributed by atoms with E-state index in [1.165, 1.54) is 0 Å². The van der Waals surface area contributed by atoms with Crippen LogP contribution in [0.2, 0.25) is 0 Å². The Morgan fingerprint density at radius 2 is 1.63 bits per heavy atom. The first-order chi connectivity index (χ1) is 13.0. The van der Waals surface area contributed by atoms with Crippen LogP contribution in [0.25, 0.3) is 0 Å². The molecule has 2 aliphatic rings. The van der Waals surface area contributed by atoms with Crippen LogP contribution >= 0.6 is 0 Å². The Kier molecular flexibility index (Phi) is 6.14. The third-order valence-electron chi connectivity index (χ3n) is 5.95. The van der Waals surface area contributed by atoms with E-state index >= 15 is 0 Å². The van der Waals surface area contributed by atoms with Crippen LogP contribution in [0.1, 0.15) is 50.5 Å². The van der Waals surface area contributed by atoms with Gasteiger partial charge in [0.25, 0.3) is 0 Å². The highest BCUT2D eigenvalue weighted by molar-refractivity contribution is 5.86. The number of piperidine rings is 1. The Hall–Kier alpha value is -2.37. The Morgan fingerprint density at radius 3 is 2.30 bits per heavy atom. The van der Waals surface area contributed by atoms with E-state index in [1.54, 1.807) is 9.80 Å². The number of hydrogen-bond donors (Lipinski definition) is 1. The number of benzene rings is 1. The van der Waals surface area contributed by atoms with Crippen molar-refractivity contribution in [3.05, 3.63) is 35.9 Å². The Bertz CT molecular complexity index is 681. The lowest BCUT2D eigenvalue weighted by Crippen LogP contribution is -2.51. The van der Waals surface area contributed by atoms with Gasteiger partial charge >= 0.3 is 5.97 Å². The average Bonchev–Trinajstić information content (AvgIpc) is 2.68. The van der Waals surface area contributed by atoms with Crippen molar-refractivity contribution >= 4 is 17.8 Å². The largest absolute Gasteiger partial charge is 0.481 e. The van der Waals surface area contributed by atoms with E-state index in [2.05, 4.69) is 0 Å². The number of likely N-dealkylation sites (tertiary alicyclic amines) is 2. The number of carboxylic acids is 1. The minimum Gasteiger partial charge on any atom is -0.481 e. The van der Waals surface area contributed by atoms with E-state index in [0.717, 1.165) is 31.2 Å². The molecule has 1 aromatic carbocycles. The molecule has 0 spiro atoms. The van der Waals surface area contributed by atoms with Gasteiger partial charge < -0.3 is 14.9 Å². The van der Waals surface area contributed by atoms with Gasteiger partial charge in [0, 0.05) is 26.1 Å². The number of carbonyl (C=O) groups is 3. The van der Waals surface area contributed by atoms with Crippen LogP contribution in [-0.2, 0) is 19.8 Å². The summed E-state index contributed by atoms with van der Waals surface area (Å²) in [5.74, 6) is -0.847. The van der Waals surface area contributed by atoms with E-state index in [-0.39, 0.29) is 18.4 Å². The molecule has 0 aromatic heterocycles. The second kappa shape index (κ2) is 8.55. The second-order valence-electron chi connectivity index (χ2n) is 7.61. The molecule has 2 saturated heterocycles. The van der Waals surface area contributed by atoms with Crippen molar-refractivity contribution in [2.45, 2.75) is 50.4 Å². The molecular weight excluding hydrogens is 344 g/mol. The van der Waals surface area contributed by atoms with Crippen LogP contribution in [0.15, 0.2) is 30.3 Å². The molecule has 1 aromatic rings. The molecule has 2 heterocycles. The molecule has 146 valence electrons. The van der Waals surface area contributed by atoms with Gasteiger partial charge in [-0.15, -0.1) is 0 Å². The minimum atomic E-state index is -0.936. The first-order valence-corrected chi connectivity index (χ1v) is 9.87. The minimum absolute atomic E-state index is 0.0595. The van der Waals surface area contributed by atoms with Gasteiger partial charge in [0.15, 0.2) is 0 Å². The zero-order valence-electron chi connectivity index (χ0n) is 15.7. The molecule has 27 heavy (non-hydrogen) atoms. The van der Waals surface area contributed by atoms with Crippen LogP contribution in [0, 0.1) is 0 Å². The molecule has 0 unspecified atom stereocenters. The lowest BCUT2D eigenvalue weighted by molar-refractivity contribution is -0.149. The third kappa shape index (κ3) is 4.31. The summed E-state index contributed by atoms with van der Waals surface area (Å²) in [6.07, 6.45) is 5.32. The fraction of sp³-hybridized carbons (Fsp3) is 0.571. The fourth-order valence-corrected chi connectivity index (χ4v) is 4.17. The molecule has 0 saturated carbocycles.